The van der Waals surface area contributed by atoms with Crippen molar-refractivity contribution in [3.63, 3.8) is 0 Å². The molecule has 2 N–H and O–H groups in total. The van der Waals surface area contributed by atoms with Crippen molar-refractivity contribution < 1.29 is 18.0 Å². The Morgan fingerprint density at radius 3 is 2.47 bits per heavy atom. The van der Waals surface area contributed by atoms with Gasteiger partial charge in [0.25, 0.3) is 11.8 Å². The third kappa shape index (κ3) is 4.21. The lowest BCUT2D eigenvalue weighted by Crippen LogP contribution is -2.23. The molecule has 0 aliphatic carbocycles. The molecule has 0 saturated heterocycles. The topological polar surface area (TPSA) is 129 Å². The van der Waals surface area contributed by atoms with Crippen molar-refractivity contribution in [2.45, 2.75) is 16.3 Å². The molecule has 5 rings (SSSR count). The summed E-state index contributed by atoms with van der Waals surface area (Å²) in [5.41, 5.74) is 3.25. The predicted molar refractivity (Wildman–Crippen MR) is 132 cm³/mol. The summed E-state index contributed by atoms with van der Waals surface area (Å²) in [7, 11) is -3.94. The maximum Gasteiger partial charge on any atom is 0.257 e. The van der Waals surface area contributed by atoms with Crippen molar-refractivity contribution in [1.82, 2.24) is 10.3 Å². The minimum Gasteiger partial charge on any atom is -0.348 e. The molecule has 1 aliphatic heterocycles. The summed E-state index contributed by atoms with van der Waals surface area (Å²) in [6.45, 7) is 0.201. The first-order valence-corrected chi connectivity index (χ1v) is 12.4. The van der Waals surface area contributed by atoms with Crippen molar-refractivity contribution in [3.8, 4) is 17.3 Å². The molecule has 4 aromatic rings. The maximum absolute atomic E-state index is 13.1. The van der Waals surface area contributed by atoms with Gasteiger partial charge in [-0.1, -0.05) is 30.3 Å². The van der Waals surface area contributed by atoms with E-state index < -0.39 is 21.7 Å². The number of aromatic nitrogens is 1. The maximum atomic E-state index is 13.1. The lowest BCUT2D eigenvalue weighted by molar-refractivity contribution is 0.0949. The molecule has 0 atom stereocenters. The molecule has 0 spiro atoms. The van der Waals surface area contributed by atoms with Gasteiger partial charge < -0.3 is 10.6 Å². The van der Waals surface area contributed by atoms with Gasteiger partial charge in [0.15, 0.2) is 0 Å². The third-order valence-electron chi connectivity index (χ3n) is 5.79. The highest BCUT2D eigenvalue weighted by Crippen LogP contribution is 2.34. The van der Waals surface area contributed by atoms with Crippen LogP contribution in [0, 0.1) is 11.3 Å². The summed E-state index contributed by atoms with van der Waals surface area (Å²) in [6, 6.07) is 22.9. The fourth-order valence-electron chi connectivity index (χ4n) is 3.90. The Bertz CT molecular complexity index is 1660. The highest BCUT2D eigenvalue weighted by molar-refractivity contribution is 7.91. The molecule has 2 heterocycles. The molecule has 0 bridgehead atoms. The third-order valence-corrected chi connectivity index (χ3v) is 7.66. The normalized spacial score (nSPS) is 13.4. The smallest absolute Gasteiger partial charge is 0.257 e. The van der Waals surface area contributed by atoms with Gasteiger partial charge in [-0.05, 0) is 54.1 Å². The summed E-state index contributed by atoms with van der Waals surface area (Å²) >= 11 is 0. The number of pyridine rings is 1. The Labute approximate surface area is 207 Å². The van der Waals surface area contributed by atoms with E-state index in [-0.39, 0.29) is 33.2 Å². The summed E-state index contributed by atoms with van der Waals surface area (Å²) in [4.78, 5) is 29.7. The molecule has 8 nitrogen and oxygen atoms in total. The molecule has 1 aromatic heterocycles. The molecule has 1 aliphatic rings. The summed E-state index contributed by atoms with van der Waals surface area (Å²) < 4.78 is 26.2. The fraction of sp³-hybridized carbons (Fsp3) is 0.0370. The van der Waals surface area contributed by atoms with E-state index in [9.17, 15) is 18.0 Å². The number of hydrogen-bond donors (Lipinski definition) is 2. The molecule has 9 heteroatoms. The van der Waals surface area contributed by atoms with Crippen LogP contribution in [0.3, 0.4) is 0 Å². The Morgan fingerprint density at radius 2 is 1.75 bits per heavy atom. The number of sulfone groups is 1. The van der Waals surface area contributed by atoms with Crippen LogP contribution in [0.15, 0.2) is 94.9 Å². The summed E-state index contributed by atoms with van der Waals surface area (Å²) in [5, 5.41) is 14.3. The van der Waals surface area contributed by atoms with E-state index in [4.69, 9.17) is 5.26 Å². The molecule has 3 aromatic carbocycles. The minimum absolute atomic E-state index is 0.0525. The number of hydrogen-bond acceptors (Lipinski definition) is 6. The second-order valence-corrected chi connectivity index (χ2v) is 9.97. The standard InChI is InChI=1S/C27H18N4O4S/c28-14-17-5-8-19(9-6-17)22-11-7-18(15-29-22)16-30-26(32)20-10-12-25-23(13-20)31-27(33)21-3-1-2-4-24(21)36(25,34)35/h1-13,15H,16H2,(H,30,32)(H,31,33). The number of carbonyl (C=O) groups is 2. The molecule has 0 radical (unpaired) electrons. The number of amides is 2. The van der Waals surface area contributed by atoms with Crippen molar-refractivity contribution in [2.24, 2.45) is 0 Å². The average molecular weight is 495 g/mol. The van der Waals surface area contributed by atoms with Gasteiger partial charge in [0, 0.05) is 23.9 Å². The molecular weight excluding hydrogens is 476 g/mol. The second-order valence-electron chi connectivity index (χ2n) is 8.09. The SMILES string of the molecule is N#Cc1ccc(-c2ccc(CNC(=O)c3ccc4c(c3)NC(=O)c3ccccc3S4(=O)=O)cn2)cc1. The van der Waals surface area contributed by atoms with Crippen LogP contribution in [0.5, 0.6) is 0 Å². The Balaban J connectivity index is 1.32. The van der Waals surface area contributed by atoms with Crippen LogP contribution in [0.2, 0.25) is 0 Å². The van der Waals surface area contributed by atoms with E-state index >= 15 is 0 Å². The number of anilines is 1. The van der Waals surface area contributed by atoms with Crippen molar-refractivity contribution in [3.05, 3.63) is 107 Å². The molecule has 2 amide bonds. The largest absolute Gasteiger partial charge is 0.348 e. The molecule has 176 valence electrons. The van der Waals surface area contributed by atoms with Crippen molar-refractivity contribution in [1.29, 1.82) is 5.26 Å². The first-order chi connectivity index (χ1) is 17.4. The number of fused-ring (bicyclic) bond motifs is 2. The van der Waals surface area contributed by atoms with Crippen molar-refractivity contribution >= 4 is 27.3 Å². The van der Waals surface area contributed by atoms with Gasteiger partial charge >= 0.3 is 0 Å². The van der Waals surface area contributed by atoms with Gasteiger partial charge in [-0.25, -0.2) is 8.42 Å². The number of rotatable bonds is 4. The van der Waals surface area contributed by atoms with E-state index in [0.717, 1.165) is 16.8 Å². The van der Waals surface area contributed by atoms with Crippen LogP contribution in [0.1, 0.15) is 31.8 Å². The Hall–Kier alpha value is -4.81. The van der Waals surface area contributed by atoms with E-state index in [1.807, 2.05) is 24.3 Å². The highest BCUT2D eigenvalue weighted by atomic mass is 32.2. The monoisotopic (exact) mass is 494 g/mol. The van der Waals surface area contributed by atoms with Crippen molar-refractivity contribution in [2.75, 3.05) is 5.32 Å². The summed E-state index contributed by atoms with van der Waals surface area (Å²) in [5.74, 6) is -0.985. The Kier molecular flexibility index (Phi) is 5.80. The number of benzene rings is 3. The quantitative estimate of drug-likeness (QED) is 0.442. The molecule has 36 heavy (non-hydrogen) atoms. The van der Waals surface area contributed by atoms with Gasteiger partial charge in [-0.2, -0.15) is 5.26 Å². The zero-order valence-electron chi connectivity index (χ0n) is 18.7. The van der Waals surface area contributed by atoms with E-state index in [1.54, 1.807) is 30.5 Å². The number of nitrogens with one attached hydrogen (secondary N) is 2. The summed E-state index contributed by atoms with van der Waals surface area (Å²) in [6.07, 6.45) is 1.65. The van der Waals surface area contributed by atoms with Crippen LogP contribution in [0.4, 0.5) is 5.69 Å². The number of nitrogens with zero attached hydrogens (tertiary/aromatic N) is 2. The molecule has 0 saturated carbocycles. The first kappa shape index (κ1) is 23.0. The van der Waals surface area contributed by atoms with E-state index in [0.29, 0.717) is 5.56 Å². The van der Waals surface area contributed by atoms with Crippen LogP contribution >= 0.6 is 0 Å². The number of carbonyl (C=O) groups excluding carboxylic acids is 2. The average Bonchev–Trinajstić information content (AvgIpc) is 2.99. The first-order valence-electron chi connectivity index (χ1n) is 10.9. The lowest BCUT2D eigenvalue weighted by atomic mass is 10.1. The zero-order valence-corrected chi connectivity index (χ0v) is 19.5. The van der Waals surface area contributed by atoms with Gasteiger partial charge in [-0.15, -0.1) is 0 Å². The predicted octanol–water partition coefficient (Wildman–Crippen LogP) is 3.95. The van der Waals surface area contributed by atoms with Crippen LogP contribution in [0.25, 0.3) is 11.3 Å². The van der Waals surface area contributed by atoms with Gasteiger partial charge in [0.05, 0.1) is 38.4 Å². The highest BCUT2D eigenvalue weighted by Gasteiger charge is 2.31. The van der Waals surface area contributed by atoms with Gasteiger partial charge in [0.1, 0.15) is 0 Å². The van der Waals surface area contributed by atoms with E-state index in [2.05, 4.69) is 21.7 Å². The zero-order chi connectivity index (χ0) is 25.3. The molecule has 0 fully saturated rings. The van der Waals surface area contributed by atoms with E-state index in [1.165, 1.54) is 30.3 Å². The van der Waals surface area contributed by atoms with Gasteiger partial charge in [-0.3, -0.25) is 14.6 Å². The second kappa shape index (κ2) is 9.09. The van der Waals surface area contributed by atoms with Crippen LogP contribution in [-0.2, 0) is 16.4 Å². The fourth-order valence-corrected chi connectivity index (χ4v) is 5.49. The minimum atomic E-state index is -3.94. The van der Waals surface area contributed by atoms with Gasteiger partial charge in [0.2, 0.25) is 9.84 Å². The lowest BCUT2D eigenvalue weighted by Gasteiger charge is -2.10. The molecule has 0 unspecified atom stereocenters. The van der Waals surface area contributed by atoms with Crippen LogP contribution < -0.4 is 10.6 Å². The number of nitriles is 1. The van der Waals surface area contributed by atoms with Crippen LogP contribution in [-0.4, -0.2) is 25.2 Å². The molecular formula is C27H18N4O4S. The Morgan fingerprint density at radius 1 is 0.972 bits per heavy atom.